The van der Waals surface area contributed by atoms with Crippen molar-refractivity contribution in [1.29, 1.82) is 0 Å². The van der Waals surface area contributed by atoms with Gasteiger partial charge >= 0.3 is 0 Å². The van der Waals surface area contributed by atoms with Crippen molar-refractivity contribution in [2.24, 2.45) is 0 Å². The first-order chi connectivity index (χ1) is 13.8. The first-order valence-corrected chi connectivity index (χ1v) is 9.79. The SMILES string of the molecule is COCCN1C(=O)C(=O)/C(=C(/O)c2ccc(C)cc2)[C@H]1c1ccc(C(C)C)cc1. The van der Waals surface area contributed by atoms with Crippen LogP contribution in [-0.4, -0.2) is 42.0 Å². The quantitative estimate of drug-likeness (QED) is 0.454. The van der Waals surface area contributed by atoms with Crippen molar-refractivity contribution in [3.05, 3.63) is 76.4 Å². The number of aliphatic hydroxyl groups excluding tert-OH is 1. The van der Waals surface area contributed by atoms with Crippen LogP contribution in [0.5, 0.6) is 0 Å². The van der Waals surface area contributed by atoms with Crippen LogP contribution in [0.3, 0.4) is 0 Å². The number of aliphatic hydroxyl groups is 1. The molecule has 0 spiro atoms. The van der Waals surface area contributed by atoms with Crippen molar-refractivity contribution in [2.75, 3.05) is 20.3 Å². The molecule has 0 unspecified atom stereocenters. The lowest BCUT2D eigenvalue weighted by atomic mass is 9.93. The van der Waals surface area contributed by atoms with E-state index in [9.17, 15) is 14.7 Å². The summed E-state index contributed by atoms with van der Waals surface area (Å²) in [6.07, 6.45) is 0. The highest BCUT2D eigenvalue weighted by atomic mass is 16.5. The van der Waals surface area contributed by atoms with E-state index in [4.69, 9.17) is 4.74 Å². The predicted molar refractivity (Wildman–Crippen MR) is 113 cm³/mol. The molecule has 1 N–H and O–H groups in total. The van der Waals surface area contributed by atoms with Gasteiger partial charge in [-0.15, -0.1) is 0 Å². The maximum atomic E-state index is 12.9. The number of benzene rings is 2. The van der Waals surface area contributed by atoms with E-state index in [1.807, 2.05) is 43.3 Å². The Morgan fingerprint density at radius 3 is 2.24 bits per heavy atom. The van der Waals surface area contributed by atoms with Crippen molar-refractivity contribution < 1.29 is 19.4 Å². The van der Waals surface area contributed by atoms with Gasteiger partial charge in [-0.2, -0.15) is 0 Å². The first kappa shape index (κ1) is 20.8. The number of Topliss-reactive ketones (excluding diaryl/α,β-unsaturated/α-hetero) is 1. The lowest BCUT2D eigenvalue weighted by Crippen LogP contribution is -2.32. The Morgan fingerprint density at radius 1 is 1.07 bits per heavy atom. The molecule has 0 saturated carbocycles. The smallest absolute Gasteiger partial charge is 0.295 e. The number of likely N-dealkylation sites (tertiary alicyclic amines) is 1. The normalized spacial score (nSPS) is 18.7. The van der Waals surface area contributed by atoms with E-state index >= 15 is 0 Å². The maximum absolute atomic E-state index is 12.9. The van der Waals surface area contributed by atoms with Crippen LogP contribution in [0.4, 0.5) is 0 Å². The molecule has 0 aromatic heterocycles. The standard InChI is InChI=1S/C24H27NO4/c1-15(2)17-9-11-18(12-10-17)21-20(22(26)19-7-5-16(3)6-8-19)23(27)24(28)25(21)13-14-29-4/h5-12,15,21,26H,13-14H2,1-4H3/b22-20+/t21-/m1/s1. The second-order valence-corrected chi connectivity index (χ2v) is 7.67. The molecule has 0 radical (unpaired) electrons. The number of nitrogens with zero attached hydrogens (tertiary/aromatic N) is 1. The molecule has 3 rings (SSSR count). The summed E-state index contributed by atoms with van der Waals surface area (Å²) < 4.78 is 5.13. The average Bonchev–Trinajstić information content (AvgIpc) is 2.97. The topological polar surface area (TPSA) is 66.8 Å². The highest BCUT2D eigenvalue weighted by molar-refractivity contribution is 6.46. The van der Waals surface area contributed by atoms with Crippen molar-refractivity contribution in [1.82, 2.24) is 4.90 Å². The zero-order chi connectivity index (χ0) is 21.1. The summed E-state index contributed by atoms with van der Waals surface area (Å²) >= 11 is 0. The van der Waals surface area contributed by atoms with E-state index in [0.717, 1.165) is 11.1 Å². The van der Waals surface area contributed by atoms with Crippen molar-refractivity contribution in [3.63, 3.8) is 0 Å². The van der Waals surface area contributed by atoms with Gasteiger partial charge in [0.15, 0.2) is 0 Å². The number of hydrogen-bond donors (Lipinski definition) is 1. The highest BCUT2D eigenvalue weighted by Gasteiger charge is 2.45. The number of hydrogen-bond acceptors (Lipinski definition) is 4. The molecule has 1 aliphatic heterocycles. The number of aryl methyl sites for hydroxylation is 1. The molecule has 1 amide bonds. The minimum atomic E-state index is -0.669. The van der Waals surface area contributed by atoms with Gasteiger partial charge < -0.3 is 14.7 Å². The van der Waals surface area contributed by atoms with Crippen LogP contribution < -0.4 is 0 Å². The molecule has 1 saturated heterocycles. The Morgan fingerprint density at radius 2 is 1.69 bits per heavy atom. The van der Waals surface area contributed by atoms with Crippen LogP contribution in [0.25, 0.3) is 5.76 Å². The van der Waals surface area contributed by atoms with Gasteiger partial charge in [0.2, 0.25) is 0 Å². The van der Waals surface area contributed by atoms with Crippen LogP contribution in [-0.2, 0) is 14.3 Å². The third kappa shape index (κ3) is 4.10. The Bertz CT molecular complexity index is 926. The third-order valence-corrected chi connectivity index (χ3v) is 5.32. The molecule has 29 heavy (non-hydrogen) atoms. The van der Waals surface area contributed by atoms with Crippen molar-refractivity contribution >= 4 is 17.4 Å². The molecule has 0 aliphatic carbocycles. The Balaban J connectivity index is 2.13. The largest absolute Gasteiger partial charge is 0.507 e. The molecule has 1 fully saturated rings. The zero-order valence-electron chi connectivity index (χ0n) is 17.3. The lowest BCUT2D eigenvalue weighted by Gasteiger charge is -2.25. The number of ketones is 1. The lowest BCUT2D eigenvalue weighted by molar-refractivity contribution is -0.140. The third-order valence-electron chi connectivity index (χ3n) is 5.32. The van der Waals surface area contributed by atoms with Crippen LogP contribution in [0.15, 0.2) is 54.1 Å². The van der Waals surface area contributed by atoms with E-state index in [0.29, 0.717) is 18.1 Å². The molecule has 1 heterocycles. The monoisotopic (exact) mass is 393 g/mol. The molecule has 2 aromatic rings. The second kappa shape index (κ2) is 8.62. The van der Waals surface area contributed by atoms with Crippen LogP contribution >= 0.6 is 0 Å². The van der Waals surface area contributed by atoms with Gasteiger partial charge in [-0.05, 0) is 24.0 Å². The average molecular weight is 393 g/mol. The van der Waals surface area contributed by atoms with E-state index in [1.165, 1.54) is 10.5 Å². The molecule has 5 heteroatoms. The van der Waals surface area contributed by atoms with Crippen LogP contribution in [0, 0.1) is 6.92 Å². The number of carbonyl (C=O) groups excluding carboxylic acids is 2. The first-order valence-electron chi connectivity index (χ1n) is 9.79. The molecule has 1 atom stereocenters. The van der Waals surface area contributed by atoms with Gasteiger partial charge in [-0.25, -0.2) is 0 Å². The van der Waals surface area contributed by atoms with Gasteiger partial charge in [0, 0.05) is 19.2 Å². The Kier molecular flexibility index (Phi) is 6.18. The number of amides is 1. The summed E-state index contributed by atoms with van der Waals surface area (Å²) in [6, 6.07) is 14.4. The number of carbonyl (C=O) groups is 2. The summed E-state index contributed by atoms with van der Waals surface area (Å²) in [5, 5.41) is 11.0. The van der Waals surface area contributed by atoms with Gasteiger partial charge in [-0.1, -0.05) is 67.9 Å². The van der Waals surface area contributed by atoms with Gasteiger partial charge in [0.1, 0.15) is 5.76 Å². The second-order valence-electron chi connectivity index (χ2n) is 7.67. The van der Waals surface area contributed by atoms with Crippen LogP contribution in [0.2, 0.25) is 0 Å². The molecule has 0 bridgehead atoms. The minimum absolute atomic E-state index is 0.118. The van der Waals surface area contributed by atoms with Crippen molar-refractivity contribution in [2.45, 2.75) is 32.7 Å². The summed E-state index contributed by atoms with van der Waals surface area (Å²) in [4.78, 5) is 27.1. The Hall–Kier alpha value is -2.92. The number of methoxy groups -OCH3 is 1. The fraction of sp³-hybridized carbons (Fsp3) is 0.333. The van der Waals surface area contributed by atoms with Gasteiger partial charge in [-0.3, -0.25) is 9.59 Å². The predicted octanol–water partition coefficient (Wildman–Crippen LogP) is 4.19. The number of rotatable bonds is 6. The molecular weight excluding hydrogens is 366 g/mol. The van der Waals surface area contributed by atoms with E-state index in [1.54, 1.807) is 19.2 Å². The summed E-state index contributed by atoms with van der Waals surface area (Å²) in [5.41, 5.74) is 3.64. The van der Waals surface area contributed by atoms with Gasteiger partial charge in [0.05, 0.1) is 18.2 Å². The Labute approximate surface area is 171 Å². The molecule has 5 nitrogen and oxygen atoms in total. The van der Waals surface area contributed by atoms with E-state index < -0.39 is 17.7 Å². The van der Waals surface area contributed by atoms with E-state index in [2.05, 4.69) is 13.8 Å². The molecule has 152 valence electrons. The maximum Gasteiger partial charge on any atom is 0.295 e. The van der Waals surface area contributed by atoms with E-state index in [-0.39, 0.29) is 17.9 Å². The minimum Gasteiger partial charge on any atom is -0.507 e. The fourth-order valence-corrected chi connectivity index (χ4v) is 3.58. The number of ether oxygens (including phenoxy) is 1. The fourth-order valence-electron chi connectivity index (χ4n) is 3.58. The van der Waals surface area contributed by atoms with Crippen molar-refractivity contribution in [3.8, 4) is 0 Å². The molecular formula is C24H27NO4. The summed E-state index contributed by atoms with van der Waals surface area (Å²) in [7, 11) is 1.55. The zero-order valence-corrected chi connectivity index (χ0v) is 17.3. The summed E-state index contributed by atoms with van der Waals surface area (Å²) in [6.45, 7) is 6.73. The van der Waals surface area contributed by atoms with Crippen LogP contribution in [0.1, 0.15) is 48.1 Å². The van der Waals surface area contributed by atoms with Gasteiger partial charge in [0.25, 0.3) is 11.7 Å². The summed E-state index contributed by atoms with van der Waals surface area (Å²) in [5.74, 6) is -1.07. The molecule has 1 aliphatic rings. The highest BCUT2D eigenvalue weighted by Crippen LogP contribution is 2.39. The molecule has 2 aromatic carbocycles.